The molecule has 0 atom stereocenters. The van der Waals surface area contributed by atoms with Crippen molar-refractivity contribution in [1.29, 1.82) is 0 Å². The number of ether oxygens (including phenoxy) is 1. The molecular weight excluding hydrogens is 509 g/mol. The van der Waals surface area contributed by atoms with Gasteiger partial charge in [0, 0.05) is 43.7 Å². The van der Waals surface area contributed by atoms with Gasteiger partial charge in [0.2, 0.25) is 0 Å². The molecule has 0 saturated heterocycles. The van der Waals surface area contributed by atoms with Crippen molar-refractivity contribution in [3.05, 3.63) is 71.1 Å². The lowest BCUT2D eigenvalue weighted by Gasteiger charge is -2.12. The first-order chi connectivity index (χ1) is 18.8. The molecule has 39 heavy (non-hydrogen) atoms. The van der Waals surface area contributed by atoms with E-state index >= 15 is 0 Å². The Kier molecular flexibility index (Phi) is 8.66. The maximum Gasteiger partial charge on any atom is 0.435 e. The number of amides is 1. The molecule has 0 spiro atoms. The number of hydrogen-bond acceptors (Lipinski definition) is 5. The molecule has 0 aliphatic carbocycles. The van der Waals surface area contributed by atoms with Gasteiger partial charge in [-0.15, -0.1) is 6.42 Å². The maximum absolute atomic E-state index is 13.7. The maximum atomic E-state index is 13.7. The van der Waals surface area contributed by atoms with Crippen molar-refractivity contribution in [2.75, 3.05) is 19.8 Å². The first kappa shape index (κ1) is 27.9. The van der Waals surface area contributed by atoms with Crippen molar-refractivity contribution < 1.29 is 22.7 Å². The zero-order valence-electron chi connectivity index (χ0n) is 21.8. The number of imidazole rings is 1. The molecule has 0 aliphatic heterocycles. The molecule has 3 aromatic heterocycles. The van der Waals surface area contributed by atoms with Gasteiger partial charge in [0.15, 0.2) is 11.3 Å². The summed E-state index contributed by atoms with van der Waals surface area (Å²) in [5.74, 6) is 2.14. The number of aromatic nitrogens is 5. The van der Waals surface area contributed by atoms with Crippen molar-refractivity contribution in [1.82, 2.24) is 29.5 Å². The summed E-state index contributed by atoms with van der Waals surface area (Å²) in [7, 11) is 0. The lowest BCUT2D eigenvalue weighted by Crippen LogP contribution is -2.28. The number of alkyl halides is 3. The van der Waals surface area contributed by atoms with Crippen LogP contribution in [-0.4, -0.2) is 49.8 Å². The van der Waals surface area contributed by atoms with Crippen LogP contribution in [0.5, 0.6) is 0 Å². The third kappa shape index (κ3) is 6.29. The van der Waals surface area contributed by atoms with E-state index in [-0.39, 0.29) is 23.7 Å². The number of aryl methyl sites for hydroxylation is 1. The van der Waals surface area contributed by atoms with Crippen LogP contribution in [-0.2, 0) is 30.3 Å². The lowest BCUT2D eigenvalue weighted by molar-refractivity contribution is -0.141. The van der Waals surface area contributed by atoms with E-state index in [1.807, 2.05) is 26.0 Å². The van der Waals surface area contributed by atoms with Crippen molar-refractivity contribution in [3.8, 4) is 23.6 Å². The summed E-state index contributed by atoms with van der Waals surface area (Å²) in [6, 6.07) is 5.58. The van der Waals surface area contributed by atoms with Crippen molar-refractivity contribution >= 4 is 11.6 Å². The average molecular weight is 539 g/mol. The quantitative estimate of drug-likeness (QED) is 0.224. The van der Waals surface area contributed by atoms with Crippen LogP contribution in [0.4, 0.5) is 13.2 Å². The van der Waals surface area contributed by atoms with Crippen LogP contribution < -0.4 is 5.32 Å². The highest BCUT2D eigenvalue weighted by Crippen LogP contribution is 2.36. The van der Waals surface area contributed by atoms with E-state index in [0.29, 0.717) is 49.5 Å². The summed E-state index contributed by atoms with van der Waals surface area (Å²) in [6.07, 6.45) is 8.30. The van der Waals surface area contributed by atoms with Crippen LogP contribution in [0.15, 0.2) is 43.0 Å². The number of halogens is 3. The van der Waals surface area contributed by atoms with Gasteiger partial charge < -0.3 is 10.1 Å². The van der Waals surface area contributed by atoms with E-state index in [0.717, 1.165) is 22.2 Å². The van der Waals surface area contributed by atoms with Crippen LogP contribution in [0.2, 0.25) is 0 Å². The van der Waals surface area contributed by atoms with E-state index in [9.17, 15) is 18.0 Å². The van der Waals surface area contributed by atoms with E-state index in [1.54, 1.807) is 16.7 Å². The van der Waals surface area contributed by atoms with Crippen LogP contribution in [0, 0.1) is 12.3 Å². The Labute approximate surface area is 224 Å². The smallest absolute Gasteiger partial charge is 0.380 e. The van der Waals surface area contributed by atoms with Crippen molar-refractivity contribution in [3.63, 3.8) is 0 Å². The number of fused-ring (bicyclic) bond motifs is 1. The second-order valence-corrected chi connectivity index (χ2v) is 8.89. The van der Waals surface area contributed by atoms with Gasteiger partial charge in [-0.1, -0.05) is 31.9 Å². The van der Waals surface area contributed by atoms with Gasteiger partial charge in [-0.2, -0.15) is 18.3 Å². The summed E-state index contributed by atoms with van der Waals surface area (Å²) >= 11 is 0. The Morgan fingerprint density at radius 1 is 1.21 bits per heavy atom. The minimum absolute atomic E-state index is 0.0902. The molecular formula is C28H29F3N6O2. The molecule has 0 saturated carbocycles. The largest absolute Gasteiger partial charge is 0.435 e. The first-order valence-electron chi connectivity index (χ1n) is 12.6. The highest BCUT2D eigenvalue weighted by atomic mass is 19.4. The van der Waals surface area contributed by atoms with Crippen molar-refractivity contribution in [2.45, 2.75) is 45.8 Å². The second kappa shape index (κ2) is 12.1. The standard InChI is InChI=1S/C28H29F3N6O2/c1-4-11-36-18-22(25(35-36)28(29,30)31)24-17-34-26-23(32-9-12-37(24)26)16-19-7-8-21(20(6-3)15-19)27(38)33-10-14-39-13-5-2/h1,7-9,12,15,17-18H,5-6,10-11,13-14,16H2,2-3H3,(H,33,38). The zero-order chi connectivity index (χ0) is 28.0. The Hall–Kier alpha value is -4.17. The number of carbonyl (C=O) groups excluding carboxylic acids is 1. The fourth-order valence-electron chi connectivity index (χ4n) is 4.33. The van der Waals surface area contributed by atoms with Crippen LogP contribution in [0.3, 0.4) is 0 Å². The predicted octanol–water partition coefficient (Wildman–Crippen LogP) is 4.55. The number of terminal acetylenes is 1. The molecule has 0 radical (unpaired) electrons. The van der Waals surface area contributed by atoms with Gasteiger partial charge in [-0.05, 0) is 30.0 Å². The SMILES string of the molecule is C#CCn1cc(-c2cnc3c(Cc4ccc(C(=O)NCCOCCC)c(CC)c4)nccn23)c(C(F)(F)F)n1. The van der Waals surface area contributed by atoms with Gasteiger partial charge in [-0.25, -0.2) is 4.98 Å². The molecule has 0 unspecified atom stereocenters. The summed E-state index contributed by atoms with van der Waals surface area (Å²) < 4.78 is 49.3. The van der Waals surface area contributed by atoms with Gasteiger partial charge in [0.05, 0.1) is 29.8 Å². The molecule has 8 nitrogen and oxygen atoms in total. The first-order valence-corrected chi connectivity index (χ1v) is 12.6. The Bertz CT molecular complexity index is 1500. The molecule has 4 aromatic rings. The van der Waals surface area contributed by atoms with Crippen LogP contribution in [0.25, 0.3) is 16.9 Å². The fraction of sp³-hybridized carbons (Fsp3) is 0.357. The highest BCUT2D eigenvalue weighted by Gasteiger charge is 2.38. The molecule has 4 rings (SSSR count). The second-order valence-electron chi connectivity index (χ2n) is 8.89. The third-order valence-electron chi connectivity index (χ3n) is 6.11. The minimum atomic E-state index is -4.66. The topological polar surface area (TPSA) is 86.3 Å². The number of rotatable bonds is 11. The zero-order valence-corrected chi connectivity index (χ0v) is 21.8. The Morgan fingerprint density at radius 3 is 2.74 bits per heavy atom. The Morgan fingerprint density at radius 2 is 2.03 bits per heavy atom. The molecule has 1 N–H and O–H groups in total. The Balaban J connectivity index is 1.60. The van der Waals surface area contributed by atoms with E-state index in [1.165, 1.54) is 18.6 Å². The molecule has 204 valence electrons. The van der Waals surface area contributed by atoms with E-state index in [2.05, 4.69) is 26.3 Å². The molecule has 3 heterocycles. The number of nitrogens with one attached hydrogen (secondary N) is 1. The minimum Gasteiger partial charge on any atom is -0.380 e. The average Bonchev–Trinajstić information content (AvgIpc) is 3.53. The molecule has 0 bridgehead atoms. The number of carbonyl (C=O) groups is 1. The van der Waals surface area contributed by atoms with E-state index < -0.39 is 11.9 Å². The lowest BCUT2D eigenvalue weighted by atomic mass is 9.99. The number of benzene rings is 1. The third-order valence-corrected chi connectivity index (χ3v) is 6.11. The molecule has 0 aliphatic rings. The fourth-order valence-corrected chi connectivity index (χ4v) is 4.33. The van der Waals surface area contributed by atoms with Crippen molar-refractivity contribution in [2.24, 2.45) is 0 Å². The number of nitrogens with zero attached hydrogens (tertiary/aromatic N) is 5. The number of hydrogen-bond donors (Lipinski definition) is 1. The summed E-state index contributed by atoms with van der Waals surface area (Å²) in [5.41, 5.74) is 2.47. The van der Waals surface area contributed by atoms with Gasteiger partial charge in [0.25, 0.3) is 5.91 Å². The highest BCUT2D eigenvalue weighted by molar-refractivity contribution is 5.95. The van der Waals surface area contributed by atoms with Gasteiger partial charge >= 0.3 is 6.18 Å². The molecule has 1 amide bonds. The van der Waals surface area contributed by atoms with Gasteiger partial charge in [0.1, 0.15) is 6.54 Å². The molecule has 1 aromatic carbocycles. The van der Waals surface area contributed by atoms with Crippen LogP contribution in [0.1, 0.15) is 53.1 Å². The summed E-state index contributed by atoms with van der Waals surface area (Å²) in [4.78, 5) is 21.5. The monoisotopic (exact) mass is 538 g/mol. The predicted molar refractivity (Wildman–Crippen MR) is 140 cm³/mol. The summed E-state index contributed by atoms with van der Waals surface area (Å²) in [5, 5.41) is 6.53. The molecule has 11 heteroatoms. The summed E-state index contributed by atoms with van der Waals surface area (Å²) in [6.45, 7) is 5.44. The van der Waals surface area contributed by atoms with Gasteiger partial charge in [-0.3, -0.25) is 18.9 Å². The molecule has 0 fully saturated rings. The normalized spacial score (nSPS) is 11.6. The van der Waals surface area contributed by atoms with E-state index in [4.69, 9.17) is 11.2 Å². The van der Waals surface area contributed by atoms with Crippen LogP contribution >= 0.6 is 0 Å².